The molecule has 0 radical (unpaired) electrons. The average molecular weight is 167 g/mol. The molecular formula is C8H13N3O. The molecule has 0 saturated heterocycles. The summed E-state index contributed by atoms with van der Waals surface area (Å²) in [5.41, 5.74) is 5.59. The zero-order valence-corrected chi connectivity index (χ0v) is 7.32. The molecule has 3 atom stereocenters. The summed E-state index contributed by atoms with van der Waals surface area (Å²) in [6, 6.07) is -0.152. The molecule has 1 aromatic rings. The molecule has 4 heteroatoms. The van der Waals surface area contributed by atoms with Gasteiger partial charge in [0.05, 0.1) is 6.04 Å². The topological polar surface area (TPSA) is 64.9 Å². The van der Waals surface area contributed by atoms with Gasteiger partial charge >= 0.3 is 0 Å². The summed E-state index contributed by atoms with van der Waals surface area (Å²) in [7, 11) is 0. The molecule has 2 rings (SSSR count). The van der Waals surface area contributed by atoms with Gasteiger partial charge in [0, 0.05) is 5.92 Å². The van der Waals surface area contributed by atoms with E-state index in [4.69, 9.17) is 10.3 Å². The molecule has 4 nitrogen and oxygen atoms in total. The van der Waals surface area contributed by atoms with Crippen LogP contribution in [-0.2, 0) is 0 Å². The fraction of sp³-hybridized carbons (Fsp3) is 0.750. The maximum atomic E-state index is 5.59. The van der Waals surface area contributed by atoms with Crippen LogP contribution >= 0.6 is 0 Å². The lowest BCUT2D eigenvalue weighted by Gasteiger charge is -1.92. The highest BCUT2D eigenvalue weighted by molar-refractivity contribution is 5.08. The average Bonchev–Trinajstić information content (AvgIpc) is 2.59. The molecule has 1 saturated carbocycles. The first-order valence-corrected chi connectivity index (χ1v) is 4.27. The van der Waals surface area contributed by atoms with Crippen LogP contribution in [0.5, 0.6) is 0 Å². The van der Waals surface area contributed by atoms with E-state index in [2.05, 4.69) is 17.1 Å². The molecule has 2 N–H and O–H groups in total. The Morgan fingerprint density at radius 3 is 2.75 bits per heavy atom. The van der Waals surface area contributed by atoms with Crippen LogP contribution in [0, 0.1) is 5.92 Å². The van der Waals surface area contributed by atoms with Crippen molar-refractivity contribution in [3.8, 4) is 0 Å². The summed E-state index contributed by atoms with van der Waals surface area (Å²) < 4.78 is 4.99. The molecule has 3 unspecified atom stereocenters. The van der Waals surface area contributed by atoms with Crippen LogP contribution in [0.15, 0.2) is 4.52 Å². The molecule has 1 aliphatic rings. The van der Waals surface area contributed by atoms with Crippen molar-refractivity contribution in [3.05, 3.63) is 11.7 Å². The van der Waals surface area contributed by atoms with E-state index in [1.54, 1.807) is 0 Å². The van der Waals surface area contributed by atoms with Crippen LogP contribution < -0.4 is 5.73 Å². The van der Waals surface area contributed by atoms with E-state index < -0.39 is 0 Å². The number of hydrogen-bond acceptors (Lipinski definition) is 4. The van der Waals surface area contributed by atoms with Gasteiger partial charge in [-0.15, -0.1) is 0 Å². The van der Waals surface area contributed by atoms with E-state index in [1.165, 1.54) is 6.42 Å². The van der Waals surface area contributed by atoms with Crippen molar-refractivity contribution in [2.24, 2.45) is 11.7 Å². The monoisotopic (exact) mass is 167 g/mol. The van der Waals surface area contributed by atoms with Gasteiger partial charge in [0.2, 0.25) is 5.89 Å². The highest BCUT2D eigenvalue weighted by Gasteiger charge is 2.38. The Hall–Kier alpha value is -0.900. The summed E-state index contributed by atoms with van der Waals surface area (Å²) in [6.07, 6.45) is 1.18. The van der Waals surface area contributed by atoms with E-state index in [0.29, 0.717) is 17.7 Å². The van der Waals surface area contributed by atoms with Crippen molar-refractivity contribution in [1.29, 1.82) is 0 Å². The number of rotatable bonds is 2. The first kappa shape index (κ1) is 7.73. The zero-order chi connectivity index (χ0) is 8.72. The van der Waals surface area contributed by atoms with Gasteiger partial charge in [-0.3, -0.25) is 0 Å². The summed E-state index contributed by atoms with van der Waals surface area (Å²) in [6.45, 7) is 4.03. The van der Waals surface area contributed by atoms with Gasteiger partial charge < -0.3 is 10.3 Å². The highest BCUT2D eigenvalue weighted by Crippen LogP contribution is 2.45. The van der Waals surface area contributed by atoms with Crippen LogP contribution in [0.3, 0.4) is 0 Å². The third-order valence-corrected chi connectivity index (χ3v) is 2.29. The third kappa shape index (κ3) is 1.22. The van der Waals surface area contributed by atoms with Crippen molar-refractivity contribution in [2.45, 2.75) is 32.2 Å². The molecule has 1 aromatic heterocycles. The van der Waals surface area contributed by atoms with E-state index in [-0.39, 0.29) is 6.04 Å². The van der Waals surface area contributed by atoms with E-state index in [9.17, 15) is 0 Å². The second kappa shape index (κ2) is 2.55. The van der Waals surface area contributed by atoms with E-state index in [0.717, 1.165) is 5.82 Å². The van der Waals surface area contributed by atoms with Gasteiger partial charge in [-0.2, -0.15) is 4.98 Å². The molecule has 1 heterocycles. The lowest BCUT2D eigenvalue weighted by atomic mass is 10.3. The van der Waals surface area contributed by atoms with E-state index in [1.807, 2.05) is 6.92 Å². The maximum Gasteiger partial charge on any atom is 0.243 e. The Morgan fingerprint density at radius 2 is 2.33 bits per heavy atom. The standard InChI is InChI=1S/C8H13N3O/c1-4-3-6(4)7-10-8(5(2)9)12-11-7/h4-6H,3,9H2,1-2H3. The summed E-state index contributed by atoms with van der Waals surface area (Å²) >= 11 is 0. The Morgan fingerprint density at radius 1 is 1.67 bits per heavy atom. The van der Waals surface area contributed by atoms with Gasteiger partial charge in [0.25, 0.3) is 0 Å². The molecule has 0 aliphatic heterocycles. The van der Waals surface area contributed by atoms with Crippen LogP contribution in [0.2, 0.25) is 0 Å². The minimum absolute atomic E-state index is 0.152. The first-order valence-electron chi connectivity index (χ1n) is 4.27. The first-order chi connectivity index (χ1) is 5.68. The summed E-state index contributed by atoms with van der Waals surface area (Å²) in [4.78, 5) is 4.22. The number of nitrogens with two attached hydrogens (primary N) is 1. The van der Waals surface area contributed by atoms with Gasteiger partial charge in [-0.05, 0) is 19.3 Å². The van der Waals surface area contributed by atoms with Crippen LogP contribution in [-0.4, -0.2) is 10.1 Å². The minimum Gasteiger partial charge on any atom is -0.338 e. The Kier molecular flexibility index (Phi) is 1.65. The van der Waals surface area contributed by atoms with Crippen LogP contribution in [0.4, 0.5) is 0 Å². The quantitative estimate of drug-likeness (QED) is 0.719. The Balaban J connectivity index is 2.14. The van der Waals surface area contributed by atoms with Crippen molar-refractivity contribution in [3.63, 3.8) is 0 Å². The minimum atomic E-state index is -0.152. The highest BCUT2D eigenvalue weighted by atomic mass is 16.5. The number of hydrogen-bond donors (Lipinski definition) is 1. The Bertz CT molecular complexity index is 282. The molecule has 1 aliphatic carbocycles. The molecule has 66 valence electrons. The molecule has 0 spiro atoms. The Labute approximate surface area is 71.1 Å². The maximum absolute atomic E-state index is 5.59. The SMILES string of the molecule is CC(N)c1nc(C2CC2C)no1. The molecule has 12 heavy (non-hydrogen) atoms. The lowest BCUT2D eigenvalue weighted by molar-refractivity contribution is 0.357. The van der Waals surface area contributed by atoms with Crippen molar-refractivity contribution in [2.75, 3.05) is 0 Å². The third-order valence-electron chi connectivity index (χ3n) is 2.29. The lowest BCUT2D eigenvalue weighted by Crippen LogP contribution is -2.05. The van der Waals surface area contributed by atoms with Crippen LogP contribution in [0.1, 0.15) is 43.9 Å². The zero-order valence-electron chi connectivity index (χ0n) is 7.32. The smallest absolute Gasteiger partial charge is 0.243 e. The fourth-order valence-electron chi connectivity index (χ4n) is 1.26. The van der Waals surface area contributed by atoms with E-state index >= 15 is 0 Å². The van der Waals surface area contributed by atoms with Gasteiger partial charge in [0.1, 0.15) is 0 Å². The second-order valence-electron chi connectivity index (χ2n) is 3.60. The molecule has 0 bridgehead atoms. The molecule has 1 fully saturated rings. The molecule has 0 amide bonds. The second-order valence-corrected chi connectivity index (χ2v) is 3.60. The number of nitrogens with zero attached hydrogens (tertiary/aromatic N) is 2. The number of aromatic nitrogens is 2. The largest absolute Gasteiger partial charge is 0.338 e. The van der Waals surface area contributed by atoms with Gasteiger partial charge in [-0.1, -0.05) is 12.1 Å². The summed E-state index contributed by atoms with van der Waals surface area (Å²) in [5.74, 6) is 2.60. The van der Waals surface area contributed by atoms with Gasteiger partial charge in [0.15, 0.2) is 5.82 Å². The van der Waals surface area contributed by atoms with Crippen molar-refractivity contribution < 1.29 is 4.52 Å². The predicted octanol–water partition coefficient (Wildman–Crippen LogP) is 1.21. The van der Waals surface area contributed by atoms with Gasteiger partial charge in [-0.25, -0.2) is 0 Å². The molecular weight excluding hydrogens is 154 g/mol. The van der Waals surface area contributed by atoms with Crippen molar-refractivity contribution in [1.82, 2.24) is 10.1 Å². The molecule has 0 aromatic carbocycles. The van der Waals surface area contributed by atoms with Crippen molar-refractivity contribution >= 4 is 0 Å². The van der Waals surface area contributed by atoms with Crippen LogP contribution in [0.25, 0.3) is 0 Å². The summed E-state index contributed by atoms with van der Waals surface area (Å²) in [5, 5.41) is 3.88. The fourth-order valence-corrected chi connectivity index (χ4v) is 1.26. The normalized spacial score (nSPS) is 30.2. The predicted molar refractivity (Wildman–Crippen MR) is 43.4 cm³/mol.